The highest BCUT2D eigenvalue weighted by Crippen LogP contribution is 2.13. The molecule has 2 rings (SSSR count). The van der Waals surface area contributed by atoms with Gasteiger partial charge in [-0.3, -0.25) is 4.79 Å². The molecule has 1 amide bonds. The standard InChI is InChI=1S/C17H16N2O5/c1-23-17(22)12-6-8-14(9-7-12)24-11-16(21)19-18-10-13-4-2-3-5-15(13)20/h2-10,20H,11H2,1H3,(H,19,21). The minimum absolute atomic E-state index is 0.0671. The number of aromatic hydroxyl groups is 1. The molecule has 7 heteroatoms. The molecule has 2 N–H and O–H groups in total. The van der Waals surface area contributed by atoms with Gasteiger partial charge in [-0.15, -0.1) is 0 Å². The van der Waals surface area contributed by atoms with E-state index in [1.54, 1.807) is 30.3 Å². The molecule has 0 fully saturated rings. The van der Waals surface area contributed by atoms with E-state index in [4.69, 9.17) is 4.74 Å². The van der Waals surface area contributed by atoms with Crippen LogP contribution in [0.3, 0.4) is 0 Å². The number of carbonyl (C=O) groups excluding carboxylic acids is 2. The average molecular weight is 328 g/mol. The molecule has 0 aromatic heterocycles. The smallest absolute Gasteiger partial charge is 0.337 e. The van der Waals surface area contributed by atoms with Gasteiger partial charge < -0.3 is 14.6 Å². The molecule has 0 aliphatic rings. The quantitative estimate of drug-likeness (QED) is 0.478. The predicted octanol–water partition coefficient (Wildman–Crippen LogP) is 1.71. The van der Waals surface area contributed by atoms with Crippen LogP contribution in [0.15, 0.2) is 53.6 Å². The molecule has 0 aliphatic heterocycles. The van der Waals surface area contributed by atoms with Gasteiger partial charge in [0.15, 0.2) is 6.61 Å². The van der Waals surface area contributed by atoms with Crippen LogP contribution in [0.25, 0.3) is 0 Å². The second-order valence-electron chi connectivity index (χ2n) is 4.66. The fraction of sp³-hybridized carbons (Fsp3) is 0.118. The number of para-hydroxylation sites is 1. The van der Waals surface area contributed by atoms with Crippen molar-refractivity contribution < 1.29 is 24.2 Å². The maximum atomic E-state index is 11.6. The number of nitrogens with zero attached hydrogens (tertiary/aromatic N) is 1. The van der Waals surface area contributed by atoms with E-state index < -0.39 is 11.9 Å². The minimum atomic E-state index is -0.460. The van der Waals surface area contributed by atoms with Gasteiger partial charge in [-0.2, -0.15) is 5.10 Å². The van der Waals surface area contributed by atoms with Gasteiger partial charge in [0.1, 0.15) is 11.5 Å². The second kappa shape index (κ2) is 8.33. The van der Waals surface area contributed by atoms with Crippen LogP contribution in [0.2, 0.25) is 0 Å². The van der Waals surface area contributed by atoms with Crippen molar-refractivity contribution in [2.75, 3.05) is 13.7 Å². The number of hydrazone groups is 1. The molecule has 0 atom stereocenters. The Hall–Kier alpha value is -3.35. The van der Waals surface area contributed by atoms with E-state index in [0.717, 1.165) is 0 Å². The van der Waals surface area contributed by atoms with Gasteiger partial charge in [0.05, 0.1) is 18.9 Å². The monoisotopic (exact) mass is 328 g/mol. The Balaban J connectivity index is 1.81. The van der Waals surface area contributed by atoms with Gasteiger partial charge in [-0.1, -0.05) is 12.1 Å². The van der Waals surface area contributed by atoms with Crippen molar-refractivity contribution in [2.45, 2.75) is 0 Å². The number of hydrogen-bond donors (Lipinski definition) is 2. The molecular weight excluding hydrogens is 312 g/mol. The van der Waals surface area contributed by atoms with Crippen molar-refractivity contribution >= 4 is 18.1 Å². The number of carbonyl (C=O) groups is 2. The summed E-state index contributed by atoms with van der Waals surface area (Å²) in [6.07, 6.45) is 1.33. The highest BCUT2D eigenvalue weighted by atomic mass is 16.5. The van der Waals surface area contributed by atoms with E-state index in [-0.39, 0.29) is 12.4 Å². The number of nitrogens with one attached hydrogen (secondary N) is 1. The zero-order valence-corrected chi connectivity index (χ0v) is 12.9. The third-order valence-electron chi connectivity index (χ3n) is 2.97. The largest absolute Gasteiger partial charge is 0.507 e. The summed E-state index contributed by atoms with van der Waals surface area (Å²) in [4.78, 5) is 22.9. The first-order valence-electron chi connectivity index (χ1n) is 7.01. The number of benzene rings is 2. The number of amides is 1. The first kappa shape index (κ1) is 17.0. The number of hydrogen-bond acceptors (Lipinski definition) is 6. The van der Waals surface area contributed by atoms with Crippen molar-refractivity contribution in [1.29, 1.82) is 0 Å². The van der Waals surface area contributed by atoms with E-state index >= 15 is 0 Å². The van der Waals surface area contributed by atoms with Crippen molar-refractivity contribution in [3.05, 3.63) is 59.7 Å². The first-order chi connectivity index (χ1) is 11.6. The molecule has 0 radical (unpaired) electrons. The normalized spacial score (nSPS) is 10.4. The summed E-state index contributed by atoms with van der Waals surface area (Å²) < 4.78 is 9.86. The van der Waals surface area contributed by atoms with E-state index in [0.29, 0.717) is 16.9 Å². The fourth-order valence-corrected chi connectivity index (χ4v) is 1.76. The summed E-state index contributed by atoms with van der Waals surface area (Å²) >= 11 is 0. The van der Waals surface area contributed by atoms with Crippen molar-refractivity contribution in [1.82, 2.24) is 5.43 Å². The lowest BCUT2D eigenvalue weighted by molar-refractivity contribution is -0.123. The molecular formula is C17H16N2O5. The number of methoxy groups -OCH3 is 1. The number of phenolic OH excluding ortho intramolecular Hbond substituents is 1. The molecule has 0 saturated carbocycles. The molecule has 24 heavy (non-hydrogen) atoms. The number of esters is 1. The lowest BCUT2D eigenvalue weighted by atomic mass is 10.2. The molecule has 0 unspecified atom stereocenters. The second-order valence-corrected chi connectivity index (χ2v) is 4.66. The van der Waals surface area contributed by atoms with Crippen LogP contribution in [-0.2, 0) is 9.53 Å². The van der Waals surface area contributed by atoms with Crippen LogP contribution in [0.5, 0.6) is 11.5 Å². The zero-order chi connectivity index (χ0) is 17.4. The van der Waals surface area contributed by atoms with Gasteiger partial charge in [0.25, 0.3) is 5.91 Å². The van der Waals surface area contributed by atoms with Crippen molar-refractivity contribution in [3.63, 3.8) is 0 Å². The van der Waals surface area contributed by atoms with E-state index in [1.807, 2.05) is 0 Å². The lowest BCUT2D eigenvalue weighted by Gasteiger charge is -2.05. The topological polar surface area (TPSA) is 97.2 Å². The molecule has 0 aliphatic carbocycles. The zero-order valence-electron chi connectivity index (χ0n) is 12.9. The molecule has 124 valence electrons. The highest BCUT2D eigenvalue weighted by molar-refractivity contribution is 5.89. The summed E-state index contributed by atoms with van der Waals surface area (Å²) in [5.41, 5.74) is 3.16. The summed E-state index contributed by atoms with van der Waals surface area (Å²) in [6.45, 7) is -0.240. The lowest BCUT2D eigenvalue weighted by Crippen LogP contribution is -2.24. The first-order valence-corrected chi connectivity index (χ1v) is 7.01. The molecule has 2 aromatic rings. The molecule has 0 heterocycles. The summed E-state index contributed by atoms with van der Waals surface area (Å²) in [6, 6.07) is 12.8. The van der Waals surface area contributed by atoms with E-state index in [1.165, 1.54) is 31.5 Å². The summed E-state index contributed by atoms with van der Waals surface area (Å²) in [7, 11) is 1.30. The molecule has 0 spiro atoms. The van der Waals surface area contributed by atoms with Crippen LogP contribution in [0, 0.1) is 0 Å². The van der Waals surface area contributed by atoms with Gasteiger partial charge in [0.2, 0.25) is 0 Å². The molecule has 0 bridgehead atoms. The fourth-order valence-electron chi connectivity index (χ4n) is 1.76. The predicted molar refractivity (Wildman–Crippen MR) is 87.1 cm³/mol. The molecule has 2 aromatic carbocycles. The highest BCUT2D eigenvalue weighted by Gasteiger charge is 2.06. The molecule has 7 nitrogen and oxygen atoms in total. The maximum Gasteiger partial charge on any atom is 0.337 e. The summed E-state index contributed by atoms with van der Waals surface area (Å²) in [5.74, 6) is -0.406. The Morgan fingerprint density at radius 1 is 1.17 bits per heavy atom. The summed E-state index contributed by atoms with van der Waals surface area (Å²) in [5, 5.41) is 13.3. The number of rotatable bonds is 6. The number of ether oxygens (including phenoxy) is 2. The SMILES string of the molecule is COC(=O)c1ccc(OCC(=O)NN=Cc2ccccc2O)cc1. The van der Waals surface area contributed by atoms with Crippen LogP contribution < -0.4 is 10.2 Å². The van der Waals surface area contributed by atoms with E-state index in [9.17, 15) is 14.7 Å². The number of phenols is 1. The average Bonchev–Trinajstić information content (AvgIpc) is 2.61. The Morgan fingerprint density at radius 2 is 1.88 bits per heavy atom. The van der Waals surface area contributed by atoms with Crippen LogP contribution in [0.1, 0.15) is 15.9 Å². The molecule has 0 saturated heterocycles. The van der Waals surface area contributed by atoms with Gasteiger partial charge in [-0.05, 0) is 36.4 Å². The minimum Gasteiger partial charge on any atom is -0.507 e. The third-order valence-corrected chi connectivity index (χ3v) is 2.97. The Morgan fingerprint density at radius 3 is 2.54 bits per heavy atom. The van der Waals surface area contributed by atoms with Gasteiger partial charge in [-0.25, -0.2) is 10.2 Å². The Bertz CT molecular complexity index is 741. The van der Waals surface area contributed by atoms with Crippen LogP contribution >= 0.6 is 0 Å². The van der Waals surface area contributed by atoms with Crippen LogP contribution in [0.4, 0.5) is 0 Å². The van der Waals surface area contributed by atoms with Crippen LogP contribution in [-0.4, -0.2) is 36.9 Å². The van der Waals surface area contributed by atoms with E-state index in [2.05, 4.69) is 15.3 Å². The van der Waals surface area contributed by atoms with Crippen molar-refractivity contribution in [2.24, 2.45) is 5.10 Å². The van der Waals surface area contributed by atoms with Crippen molar-refractivity contribution in [3.8, 4) is 11.5 Å². The maximum absolute atomic E-state index is 11.6. The Kier molecular flexibility index (Phi) is 5.90. The Labute approximate surface area is 138 Å². The van der Waals surface area contributed by atoms with Gasteiger partial charge >= 0.3 is 5.97 Å². The third kappa shape index (κ3) is 4.84. The van der Waals surface area contributed by atoms with Gasteiger partial charge in [0, 0.05) is 5.56 Å².